The lowest BCUT2D eigenvalue weighted by Gasteiger charge is -2.22. The molecule has 0 atom stereocenters. The molecule has 1 aromatic rings. The smallest absolute Gasteiger partial charge is 0.340 e. The Morgan fingerprint density at radius 2 is 2.12 bits per heavy atom. The van der Waals surface area contributed by atoms with Crippen molar-refractivity contribution in [1.29, 1.82) is 0 Å². The van der Waals surface area contributed by atoms with Crippen LogP contribution in [0.25, 0.3) is 0 Å². The van der Waals surface area contributed by atoms with Gasteiger partial charge in [-0.3, -0.25) is 0 Å². The van der Waals surface area contributed by atoms with Crippen LogP contribution in [-0.4, -0.2) is 25.7 Å². The highest BCUT2D eigenvalue weighted by Crippen LogP contribution is 2.31. The number of carbonyl (C=O) groups excluding carboxylic acids is 1. The number of hydrogen-bond donors (Lipinski definition) is 1. The lowest BCUT2D eigenvalue weighted by molar-refractivity contribution is 0.0527. The molecule has 0 spiro atoms. The Labute approximate surface area is 101 Å². The van der Waals surface area contributed by atoms with Gasteiger partial charge >= 0.3 is 5.97 Å². The average Bonchev–Trinajstić information content (AvgIpc) is 2.82. The first-order valence-electron chi connectivity index (χ1n) is 6.04. The Balaban J connectivity index is 2.36. The standard InChI is InChI=1S/C13H18N2O2/c1-2-17-13(16)10-6-5-7-11(14)12(10)15-8-3-4-9-15/h5-7H,2-4,8-9,14H2,1H3. The summed E-state index contributed by atoms with van der Waals surface area (Å²) in [6.45, 7) is 4.11. The van der Waals surface area contributed by atoms with Crippen molar-refractivity contribution >= 4 is 17.3 Å². The highest BCUT2D eigenvalue weighted by molar-refractivity contribution is 5.99. The molecular weight excluding hydrogens is 216 g/mol. The first-order valence-corrected chi connectivity index (χ1v) is 6.04. The van der Waals surface area contributed by atoms with Crippen LogP contribution in [0.5, 0.6) is 0 Å². The molecule has 0 unspecified atom stereocenters. The topological polar surface area (TPSA) is 55.6 Å². The Kier molecular flexibility index (Phi) is 3.52. The molecule has 0 aliphatic carbocycles. The summed E-state index contributed by atoms with van der Waals surface area (Å²) >= 11 is 0. The lowest BCUT2D eigenvalue weighted by Crippen LogP contribution is -2.22. The van der Waals surface area contributed by atoms with Gasteiger partial charge in [-0.25, -0.2) is 4.79 Å². The zero-order valence-electron chi connectivity index (χ0n) is 10.1. The maximum atomic E-state index is 11.9. The van der Waals surface area contributed by atoms with Crippen molar-refractivity contribution in [2.24, 2.45) is 0 Å². The number of hydrogen-bond acceptors (Lipinski definition) is 4. The minimum atomic E-state index is -0.290. The predicted molar refractivity (Wildman–Crippen MR) is 68.3 cm³/mol. The molecule has 0 saturated carbocycles. The van der Waals surface area contributed by atoms with Gasteiger partial charge in [0.15, 0.2) is 0 Å². The summed E-state index contributed by atoms with van der Waals surface area (Å²) in [4.78, 5) is 14.0. The van der Waals surface area contributed by atoms with Gasteiger partial charge in [-0.05, 0) is 31.9 Å². The number of nitrogen functional groups attached to an aromatic ring is 1. The summed E-state index contributed by atoms with van der Waals surface area (Å²) < 4.78 is 5.06. The Morgan fingerprint density at radius 3 is 2.76 bits per heavy atom. The van der Waals surface area contributed by atoms with Gasteiger partial charge in [0.05, 0.1) is 23.5 Å². The molecule has 1 fully saturated rings. The largest absolute Gasteiger partial charge is 0.462 e. The number of rotatable bonds is 3. The molecular formula is C13H18N2O2. The van der Waals surface area contributed by atoms with E-state index >= 15 is 0 Å². The Hall–Kier alpha value is -1.71. The first kappa shape index (κ1) is 11.8. The summed E-state index contributed by atoms with van der Waals surface area (Å²) in [5, 5.41) is 0. The van der Waals surface area contributed by atoms with Crippen molar-refractivity contribution in [1.82, 2.24) is 0 Å². The van der Waals surface area contributed by atoms with Gasteiger partial charge in [0.1, 0.15) is 0 Å². The number of nitrogens with two attached hydrogens (primary N) is 1. The van der Waals surface area contributed by atoms with Crippen LogP contribution in [-0.2, 0) is 4.74 Å². The van der Waals surface area contributed by atoms with E-state index in [1.807, 2.05) is 6.07 Å². The monoisotopic (exact) mass is 234 g/mol. The second-order valence-corrected chi connectivity index (χ2v) is 4.16. The molecule has 17 heavy (non-hydrogen) atoms. The first-order chi connectivity index (χ1) is 8.24. The maximum absolute atomic E-state index is 11.9. The highest BCUT2D eigenvalue weighted by atomic mass is 16.5. The van der Waals surface area contributed by atoms with E-state index in [2.05, 4.69) is 4.90 Å². The van der Waals surface area contributed by atoms with Crippen molar-refractivity contribution in [2.45, 2.75) is 19.8 Å². The van der Waals surface area contributed by atoms with Crippen molar-refractivity contribution in [3.63, 3.8) is 0 Å². The number of para-hydroxylation sites is 1. The third-order valence-electron chi connectivity index (χ3n) is 2.98. The van der Waals surface area contributed by atoms with E-state index in [1.54, 1.807) is 19.1 Å². The fourth-order valence-corrected chi connectivity index (χ4v) is 2.23. The molecule has 1 aliphatic heterocycles. The van der Waals surface area contributed by atoms with E-state index in [1.165, 1.54) is 0 Å². The summed E-state index contributed by atoms with van der Waals surface area (Å²) in [7, 11) is 0. The molecule has 0 bridgehead atoms. The van der Waals surface area contributed by atoms with Gasteiger partial charge in [-0.1, -0.05) is 6.07 Å². The van der Waals surface area contributed by atoms with Crippen molar-refractivity contribution in [3.8, 4) is 0 Å². The van der Waals surface area contributed by atoms with Crippen LogP contribution in [0.1, 0.15) is 30.1 Å². The molecule has 0 aromatic heterocycles. The molecule has 1 saturated heterocycles. The number of esters is 1. The van der Waals surface area contributed by atoms with Crippen LogP contribution >= 0.6 is 0 Å². The van der Waals surface area contributed by atoms with E-state index in [9.17, 15) is 4.79 Å². The molecule has 1 aromatic carbocycles. The van der Waals surface area contributed by atoms with Crippen LogP contribution in [0.15, 0.2) is 18.2 Å². The molecule has 0 radical (unpaired) electrons. The molecule has 2 N–H and O–H groups in total. The van der Waals surface area contributed by atoms with E-state index < -0.39 is 0 Å². The summed E-state index contributed by atoms with van der Waals surface area (Å²) in [6, 6.07) is 5.40. The van der Waals surface area contributed by atoms with Crippen molar-refractivity contribution < 1.29 is 9.53 Å². The minimum absolute atomic E-state index is 0.290. The van der Waals surface area contributed by atoms with E-state index in [0.29, 0.717) is 17.9 Å². The number of carbonyl (C=O) groups is 1. The van der Waals surface area contributed by atoms with Crippen molar-refractivity contribution in [2.75, 3.05) is 30.3 Å². The summed E-state index contributed by atoms with van der Waals surface area (Å²) in [6.07, 6.45) is 2.30. The average molecular weight is 234 g/mol. The second-order valence-electron chi connectivity index (χ2n) is 4.16. The Morgan fingerprint density at radius 1 is 1.41 bits per heavy atom. The highest BCUT2D eigenvalue weighted by Gasteiger charge is 2.22. The third-order valence-corrected chi connectivity index (χ3v) is 2.98. The van der Waals surface area contributed by atoms with Gasteiger partial charge in [-0.15, -0.1) is 0 Å². The van der Waals surface area contributed by atoms with Gasteiger partial charge in [0, 0.05) is 13.1 Å². The zero-order valence-corrected chi connectivity index (χ0v) is 10.1. The molecule has 0 amide bonds. The van der Waals surface area contributed by atoms with E-state index in [0.717, 1.165) is 31.6 Å². The second kappa shape index (κ2) is 5.08. The van der Waals surface area contributed by atoms with Gasteiger partial charge in [-0.2, -0.15) is 0 Å². The molecule has 1 aliphatic rings. The molecule has 1 heterocycles. The fourth-order valence-electron chi connectivity index (χ4n) is 2.23. The lowest BCUT2D eigenvalue weighted by atomic mass is 10.1. The number of anilines is 2. The molecule has 4 nitrogen and oxygen atoms in total. The maximum Gasteiger partial charge on any atom is 0.340 e. The minimum Gasteiger partial charge on any atom is -0.462 e. The fraction of sp³-hybridized carbons (Fsp3) is 0.462. The van der Waals surface area contributed by atoms with Gasteiger partial charge < -0.3 is 15.4 Å². The van der Waals surface area contributed by atoms with Crippen LogP contribution in [0.4, 0.5) is 11.4 Å². The normalized spacial score (nSPS) is 15.0. The number of ether oxygens (including phenoxy) is 1. The zero-order chi connectivity index (χ0) is 12.3. The van der Waals surface area contributed by atoms with Gasteiger partial charge in [0.2, 0.25) is 0 Å². The molecule has 92 valence electrons. The summed E-state index contributed by atoms with van der Waals surface area (Å²) in [5.41, 5.74) is 8.05. The van der Waals surface area contributed by atoms with Crippen LogP contribution in [0.3, 0.4) is 0 Å². The quantitative estimate of drug-likeness (QED) is 0.642. The Bertz CT molecular complexity index is 412. The van der Waals surface area contributed by atoms with E-state index in [-0.39, 0.29) is 5.97 Å². The molecule has 4 heteroatoms. The van der Waals surface area contributed by atoms with Crippen LogP contribution in [0, 0.1) is 0 Å². The molecule has 2 rings (SSSR count). The van der Waals surface area contributed by atoms with Crippen molar-refractivity contribution in [3.05, 3.63) is 23.8 Å². The van der Waals surface area contributed by atoms with E-state index in [4.69, 9.17) is 10.5 Å². The number of nitrogens with zero attached hydrogens (tertiary/aromatic N) is 1. The third kappa shape index (κ3) is 2.35. The number of benzene rings is 1. The van der Waals surface area contributed by atoms with Gasteiger partial charge in [0.25, 0.3) is 0 Å². The summed E-state index contributed by atoms with van der Waals surface area (Å²) in [5.74, 6) is -0.290. The van der Waals surface area contributed by atoms with Crippen LogP contribution < -0.4 is 10.6 Å². The van der Waals surface area contributed by atoms with Crippen LogP contribution in [0.2, 0.25) is 0 Å². The predicted octanol–water partition coefficient (Wildman–Crippen LogP) is 2.05. The SMILES string of the molecule is CCOC(=O)c1cccc(N)c1N1CCCC1.